The number of methoxy groups -OCH3 is 1. The van der Waals surface area contributed by atoms with Crippen molar-refractivity contribution in [2.75, 3.05) is 29.6 Å². The zero-order valence-corrected chi connectivity index (χ0v) is 17.4. The van der Waals surface area contributed by atoms with Crippen LogP contribution in [0.1, 0.15) is 17.3 Å². The van der Waals surface area contributed by atoms with Gasteiger partial charge in [-0.05, 0) is 42.6 Å². The van der Waals surface area contributed by atoms with E-state index >= 15 is 0 Å². The molecule has 3 aromatic carbocycles. The van der Waals surface area contributed by atoms with Crippen molar-refractivity contribution >= 4 is 45.4 Å². The van der Waals surface area contributed by atoms with E-state index in [9.17, 15) is 4.79 Å². The number of aromatic nitrogens is 2. The van der Waals surface area contributed by atoms with Crippen LogP contribution >= 0.6 is 0 Å². The summed E-state index contributed by atoms with van der Waals surface area (Å²) in [5.41, 5.74) is 9.17. The lowest BCUT2D eigenvalue weighted by molar-refractivity contribution is 0.0601. The third kappa shape index (κ3) is 3.98. The van der Waals surface area contributed by atoms with Crippen LogP contribution in [0, 0.1) is 0 Å². The SMILES string of the molecule is CCN(c1ncnc(Nc2ccc(C(=O)OC)cc2)c1N)c1cccc2ccccc12. The number of fused-ring (bicyclic) bond motifs is 1. The summed E-state index contributed by atoms with van der Waals surface area (Å²) in [5, 5.41) is 5.48. The number of carbonyl (C=O) groups excluding carboxylic acids is 1. The summed E-state index contributed by atoms with van der Waals surface area (Å²) in [6, 6.07) is 21.3. The number of nitrogens with zero attached hydrogens (tertiary/aromatic N) is 3. The van der Waals surface area contributed by atoms with E-state index in [1.54, 1.807) is 24.3 Å². The molecule has 4 rings (SSSR count). The van der Waals surface area contributed by atoms with Gasteiger partial charge < -0.3 is 20.7 Å². The number of ether oxygens (including phenoxy) is 1. The van der Waals surface area contributed by atoms with Gasteiger partial charge in [0.15, 0.2) is 11.6 Å². The zero-order chi connectivity index (χ0) is 21.8. The van der Waals surface area contributed by atoms with Crippen molar-refractivity contribution in [3.8, 4) is 0 Å². The Labute approximate surface area is 180 Å². The third-order valence-electron chi connectivity index (χ3n) is 5.06. The molecule has 0 unspecified atom stereocenters. The van der Waals surface area contributed by atoms with Gasteiger partial charge in [-0.25, -0.2) is 14.8 Å². The van der Waals surface area contributed by atoms with Crippen LogP contribution < -0.4 is 16.0 Å². The number of nitrogen functional groups attached to an aromatic ring is 1. The van der Waals surface area contributed by atoms with E-state index < -0.39 is 0 Å². The van der Waals surface area contributed by atoms with E-state index in [2.05, 4.69) is 51.4 Å². The fourth-order valence-corrected chi connectivity index (χ4v) is 3.52. The minimum Gasteiger partial charge on any atom is -0.465 e. The summed E-state index contributed by atoms with van der Waals surface area (Å²) in [5.74, 6) is 0.737. The van der Waals surface area contributed by atoms with E-state index in [-0.39, 0.29) is 5.97 Å². The summed E-state index contributed by atoms with van der Waals surface area (Å²) in [4.78, 5) is 22.5. The van der Waals surface area contributed by atoms with E-state index in [0.29, 0.717) is 29.4 Å². The van der Waals surface area contributed by atoms with Crippen LogP contribution in [0.4, 0.5) is 28.7 Å². The molecule has 31 heavy (non-hydrogen) atoms. The molecule has 156 valence electrons. The van der Waals surface area contributed by atoms with E-state index in [1.807, 2.05) is 18.2 Å². The number of rotatable bonds is 6. The fourth-order valence-electron chi connectivity index (χ4n) is 3.52. The molecule has 7 heteroatoms. The summed E-state index contributed by atoms with van der Waals surface area (Å²) < 4.78 is 4.74. The molecule has 0 bridgehead atoms. The third-order valence-corrected chi connectivity index (χ3v) is 5.06. The molecule has 0 aliphatic carbocycles. The number of benzene rings is 3. The van der Waals surface area contributed by atoms with Crippen molar-refractivity contribution in [3.63, 3.8) is 0 Å². The number of nitrogens with one attached hydrogen (secondary N) is 1. The number of nitrogens with two attached hydrogens (primary N) is 1. The number of hydrogen-bond donors (Lipinski definition) is 2. The van der Waals surface area contributed by atoms with Gasteiger partial charge in [-0.1, -0.05) is 36.4 Å². The standard InChI is InChI=1S/C24H23N5O2/c1-3-29(20-10-6-8-16-7-4-5-9-19(16)20)23-21(25)22(26-15-27-23)28-18-13-11-17(12-14-18)24(30)31-2/h4-15H,3,25H2,1-2H3,(H,26,27,28). The van der Waals surface area contributed by atoms with Gasteiger partial charge in [-0.2, -0.15) is 0 Å². The van der Waals surface area contributed by atoms with Crippen molar-refractivity contribution in [2.24, 2.45) is 0 Å². The molecule has 0 saturated heterocycles. The Balaban J connectivity index is 1.68. The first kappa shape index (κ1) is 20.2. The van der Waals surface area contributed by atoms with Gasteiger partial charge in [-0.15, -0.1) is 0 Å². The molecule has 4 aromatic rings. The maximum absolute atomic E-state index is 11.6. The largest absolute Gasteiger partial charge is 0.465 e. The molecule has 7 nitrogen and oxygen atoms in total. The fraction of sp³-hybridized carbons (Fsp3) is 0.125. The Kier molecular flexibility index (Phi) is 5.66. The van der Waals surface area contributed by atoms with Gasteiger partial charge in [0.25, 0.3) is 0 Å². The molecule has 0 aliphatic rings. The quantitative estimate of drug-likeness (QED) is 0.434. The van der Waals surface area contributed by atoms with Crippen LogP contribution in [0.25, 0.3) is 10.8 Å². The predicted molar refractivity (Wildman–Crippen MR) is 124 cm³/mol. The van der Waals surface area contributed by atoms with Crippen molar-refractivity contribution < 1.29 is 9.53 Å². The Morgan fingerprint density at radius 2 is 1.77 bits per heavy atom. The van der Waals surface area contributed by atoms with Crippen LogP contribution in [0.5, 0.6) is 0 Å². The second-order valence-corrected chi connectivity index (χ2v) is 6.90. The highest BCUT2D eigenvalue weighted by molar-refractivity contribution is 5.97. The molecular formula is C24H23N5O2. The normalized spacial score (nSPS) is 10.6. The lowest BCUT2D eigenvalue weighted by Gasteiger charge is -2.25. The molecule has 3 N–H and O–H groups in total. The minimum absolute atomic E-state index is 0.385. The molecule has 0 fully saturated rings. The van der Waals surface area contributed by atoms with E-state index in [1.165, 1.54) is 13.4 Å². The number of carbonyl (C=O) groups is 1. The van der Waals surface area contributed by atoms with Gasteiger partial charge in [0, 0.05) is 17.6 Å². The van der Waals surface area contributed by atoms with Crippen molar-refractivity contribution in [1.82, 2.24) is 9.97 Å². The number of esters is 1. The molecule has 1 aromatic heterocycles. The Hall–Kier alpha value is -4.13. The summed E-state index contributed by atoms with van der Waals surface area (Å²) in [7, 11) is 1.35. The van der Waals surface area contributed by atoms with Gasteiger partial charge >= 0.3 is 5.97 Å². The molecule has 0 aliphatic heterocycles. The summed E-state index contributed by atoms with van der Waals surface area (Å²) in [6.07, 6.45) is 1.49. The molecule has 0 saturated carbocycles. The van der Waals surface area contributed by atoms with Gasteiger partial charge in [0.2, 0.25) is 0 Å². The number of anilines is 5. The average Bonchev–Trinajstić information content (AvgIpc) is 2.82. The number of hydrogen-bond acceptors (Lipinski definition) is 7. The average molecular weight is 413 g/mol. The molecule has 0 radical (unpaired) electrons. The van der Waals surface area contributed by atoms with Crippen molar-refractivity contribution in [2.45, 2.75) is 6.92 Å². The lowest BCUT2D eigenvalue weighted by atomic mass is 10.1. The maximum Gasteiger partial charge on any atom is 0.337 e. The van der Waals surface area contributed by atoms with E-state index in [0.717, 1.165) is 22.1 Å². The highest BCUT2D eigenvalue weighted by atomic mass is 16.5. The topological polar surface area (TPSA) is 93.4 Å². The van der Waals surface area contributed by atoms with Crippen molar-refractivity contribution in [3.05, 3.63) is 78.6 Å². The van der Waals surface area contributed by atoms with Crippen molar-refractivity contribution in [1.29, 1.82) is 0 Å². The first-order valence-electron chi connectivity index (χ1n) is 9.93. The predicted octanol–water partition coefficient (Wildman–Crippen LogP) is 4.90. The van der Waals surface area contributed by atoms with Gasteiger partial charge in [0.1, 0.15) is 12.0 Å². The monoisotopic (exact) mass is 413 g/mol. The molecule has 0 atom stereocenters. The van der Waals surface area contributed by atoms with Crippen LogP contribution in [0.3, 0.4) is 0 Å². The van der Waals surface area contributed by atoms with Crippen LogP contribution in [-0.2, 0) is 4.74 Å². The van der Waals surface area contributed by atoms with Gasteiger partial charge in [0.05, 0.1) is 18.4 Å². The molecule has 0 amide bonds. The first-order chi connectivity index (χ1) is 15.1. The summed E-state index contributed by atoms with van der Waals surface area (Å²) >= 11 is 0. The maximum atomic E-state index is 11.6. The van der Waals surface area contributed by atoms with E-state index in [4.69, 9.17) is 10.5 Å². The Bertz CT molecular complexity index is 1220. The zero-order valence-electron chi connectivity index (χ0n) is 17.4. The highest BCUT2D eigenvalue weighted by Crippen LogP contribution is 2.36. The molecular weight excluding hydrogens is 390 g/mol. The minimum atomic E-state index is -0.385. The van der Waals surface area contributed by atoms with Crippen LogP contribution in [-0.4, -0.2) is 29.6 Å². The lowest BCUT2D eigenvalue weighted by Crippen LogP contribution is -2.20. The Morgan fingerprint density at radius 3 is 2.52 bits per heavy atom. The smallest absolute Gasteiger partial charge is 0.337 e. The Morgan fingerprint density at radius 1 is 1.03 bits per heavy atom. The second kappa shape index (κ2) is 8.71. The first-order valence-corrected chi connectivity index (χ1v) is 9.93. The van der Waals surface area contributed by atoms with Crippen LogP contribution in [0.15, 0.2) is 73.1 Å². The highest BCUT2D eigenvalue weighted by Gasteiger charge is 2.18. The van der Waals surface area contributed by atoms with Gasteiger partial charge in [-0.3, -0.25) is 0 Å². The second-order valence-electron chi connectivity index (χ2n) is 6.90. The molecule has 1 heterocycles. The summed E-state index contributed by atoms with van der Waals surface area (Å²) in [6.45, 7) is 2.74. The van der Waals surface area contributed by atoms with Crippen LogP contribution in [0.2, 0.25) is 0 Å². The molecule has 0 spiro atoms.